The number of thiazole rings is 1. The zero-order valence-electron chi connectivity index (χ0n) is 18.6. The lowest BCUT2D eigenvalue weighted by Gasteiger charge is -2.46. The molecule has 2 aliphatic heterocycles. The van der Waals surface area contributed by atoms with Crippen LogP contribution in [0.5, 0.6) is 0 Å². The molecule has 7 heteroatoms. The molecule has 1 fully saturated rings. The fourth-order valence-electron chi connectivity index (χ4n) is 5.06. The molecule has 1 atom stereocenters. The number of amides is 2. The van der Waals surface area contributed by atoms with Gasteiger partial charge in [0.2, 0.25) is 0 Å². The number of benzene rings is 2. The molecule has 4 heterocycles. The molecule has 2 aromatic carbocycles. The molecule has 6 nitrogen and oxygen atoms in total. The van der Waals surface area contributed by atoms with Gasteiger partial charge in [0.25, 0.3) is 11.8 Å². The minimum Gasteiger partial charge on any atom is -0.309 e. The summed E-state index contributed by atoms with van der Waals surface area (Å²) in [5, 5.41) is 2.61. The van der Waals surface area contributed by atoms with E-state index in [2.05, 4.69) is 9.97 Å². The number of carbonyl (C=O) groups is 2. The Hall–Kier alpha value is -3.84. The molecule has 2 amide bonds. The first kappa shape index (κ1) is 20.7. The van der Waals surface area contributed by atoms with Gasteiger partial charge >= 0.3 is 0 Å². The molecule has 6 rings (SSSR count). The van der Waals surface area contributed by atoms with Gasteiger partial charge in [-0.1, -0.05) is 60.2 Å². The molecule has 4 aromatic rings. The third-order valence-electron chi connectivity index (χ3n) is 6.72. The standard InChI is InChI=1S/C27H22N4O2S/c1-18-9-11-20(12-10-18)27-16-22-21(8-5-13-28-22)25(32)30(27)14-15-31(27)26(33)23-17-34-24(29-23)19-6-3-2-4-7-19/h2-13,17H,14-16H2,1H3. The monoisotopic (exact) mass is 466 g/mol. The summed E-state index contributed by atoms with van der Waals surface area (Å²) in [7, 11) is 0. The summed E-state index contributed by atoms with van der Waals surface area (Å²) in [5.41, 5.74) is 3.80. The molecule has 0 spiro atoms. The lowest BCUT2D eigenvalue weighted by Crippen LogP contribution is -2.58. The highest BCUT2D eigenvalue weighted by atomic mass is 32.1. The molecule has 1 saturated heterocycles. The van der Waals surface area contributed by atoms with Crippen molar-refractivity contribution in [1.82, 2.24) is 19.8 Å². The first-order valence-corrected chi connectivity index (χ1v) is 12.1. The van der Waals surface area contributed by atoms with Crippen LogP contribution in [-0.2, 0) is 12.1 Å². The lowest BCUT2D eigenvalue weighted by atomic mass is 9.85. The topological polar surface area (TPSA) is 66.4 Å². The van der Waals surface area contributed by atoms with Crippen LogP contribution in [0.15, 0.2) is 78.3 Å². The van der Waals surface area contributed by atoms with Gasteiger partial charge in [0.05, 0.1) is 11.3 Å². The lowest BCUT2D eigenvalue weighted by molar-refractivity contribution is 0.00678. The summed E-state index contributed by atoms with van der Waals surface area (Å²) in [6.45, 7) is 2.92. The number of hydrogen-bond donors (Lipinski definition) is 0. The quantitative estimate of drug-likeness (QED) is 0.445. The Morgan fingerprint density at radius 3 is 2.59 bits per heavy atom. The van der Waals surface area contributed by atoms with Crippen LogP contribution in [0.3, 0.4) is 0 Å². The highest BCUT2D eigenvalue weighted by molar-refractivity contribution is 7.13. The Morgan fingerprint density at radius 1 is 1.00 bits per heavy atom. The Kier molecular flexibility index (Phi) is 4.81. The molecule has 0 saturated carbocycles. The van der Waals surface area contributed by atoms with E-state index in [1.807, 2.05) is 82.8 Å². The molecule has 34 heavy (non-hydrogen) atoms. The average molecular weight is 467 g/mol. The highest BCUT2D eigenvalue weighted by Gasteiger charge is 2.56. The number of carbonyl (C=O) groups excluding carboxylic acids is 2. The summed E-state index contributed by atoms with van der Waals surface area (Å²) in [6.07, 6.45) is 2.15. The van der Waals surface area contributed by atoms with Gasteiger partial charge in [0, 0.05) is 36.7 Å². The van der Waals surface area contributed by atoms with Gasteiger partial charge in [-0.15, -0.1) is 11.3 Å². The summed E-state index contributed by atoms with van der Waals surface area (Å²) in [6, 6.07) is 21.5. The van der Waals surface area contributed by atoms with Crippen molar-refractivity contribution in [3.8, 4) is 10.6 Å². The molecular weight excluding hydrogens is 444 g/mol. The summed E-state index contributed by atoms with van der Waals surface area (Å²) >= 11 is 1.45. The van der Waals surface area contributed by atoms with Gasteiger partial charge in [-0.2, -0.15) is 0 Å². The second-order valence-electron chi connectivity index (χ2n) is 8.67. The third-order valence-corrected chi connectivity index (χ3v) is 7.61. The van der Waals surface area contributed by atoms with Crippen LogP contribution in [-0.4, -0.2) is 44.7 Å². The maximum Gasteiger partial charge on any atom is 0.275 e. The van der Waals surface area contributed by atoms with Gasteiger partial charge in [-0.25, -0.2) is 4.98 Å². The maximum atomic E-state index is 13.9. The number of pyridine rings is 1. The van der Waals surface area contributed by atoms with Gasteiger partial charge in [0.1, 0.15) is 16.4 Å². The van der Waals surface area contributed by atoms with Crippen molar-refractivity contribution in [2.24, 2.45) is 0 Å². The van der Waals surface area contributed by atoms with Crippen molar-refractivity contribution in [2.45, 2.75) is 19.0 Å². The summed E-state index contributed by atoms with van der Waals surface area (Å²) in [5.74, 6) is -0.262. The van der Waals surface area contributed by atoms with E-state index in [0.29, 0.717) is 36.5 Å². The smallest absolute Gasteiger partial charge is 0.275 e. The van der Waals surface area contributed by atoms with Gasteiger partial charge in [-0.3, -0.25) is 14.6 Å². The number of rotatable bonds is 3. The largest absolute Gasteiger partial charge is 0.309 e. The second kappa shape index (κ2) is 7.88. The minimum absolute atomic E-state index is 0.0894. The molecule has 2 aliphatic rings. The van der Waals surface area contributed by atoms with Crippen molar-refractivity contribution in [3.63, 3.8) is 0 Å². The van der Waals surface area contributed by atoms with E-state index < -0.39 is 5.66 Å². The van der Waals surface area contributed by atoms with E-state index >= 15 is 0 Å². The van der Waals surface area contributed by atoms with Crippen molar-refractivity contribution in [1.29, 1.82) is 0 Å². The molecule has 0 aliphatic carbocycles. The van der Waals surface area contributed by atoms with Crippen LogP contribution < -0.4 is 0 Å². The molecule has 0 N–H and O–H groups in total. The zero-order chi connectivity index (χ0) is 23.3. The van der Waals surface area contributed by atoms with Crippen molar-refractivity contribution >= 4 is 23.2 Å². The Balaban J connectivity index is 1.46. The first-order valence-electron chi connectivity index (χ1n) is 11.2. The summed E-state index contributed by atoms with van der Waals surface area (Å²) in [4.78, 5) is 40.4. The molecular formula is C27H22N4O2S. The van der Waals surface area contributed by atoms with Crippen LogP contribution in [0.25, 0.3) is 10.6 Å². The van der Waals surface area contributed by atoms with Crippen molar-refractivity contribution < 1.29 is 9.59 Å². The van der Waals surface area contributed by atoms with E-state index in [4.69, 9.17) is 0 Å². The van der Waals surface area contributed by atoms with Crippen LogP contribution in [0.2, 0.25) is 0 Å². The van der Waals surface area contributed by atoms with Gasteiger partial charge < -0.3 is 9.80 Å². The van der Waals surface area contributed by atoms with Crippen LogP contribution in [0.4, 0.5) is 0 Å². The van der Waals surface area contributed by atoms with Crippen LogP contribution in [0, 0.1) is 6.92 Å². The van der Waals surface area contributed by atoms with Gasteiger partial charge in [-0.05, 0) is 24.6 Å². The molecule has 1 unspecified atom stereocenters. The number of aryl methyl sites for hydroxylation is 1. The Morgan fingerprint density at radius 2 is 1.79 bits per heavy atom. The van der Waals surface area contributed by atoms with Crippen LogP contribution in [0.1, 0.15) is 37.7 Å². The summed E-state index contributed by atoms with van der Waals surface area (Å²) < 4.78 is 0. The minimum atomic E-state index is -0.931. The van der Waals surface area contributed by atoms with Crippen LogP contribution >= 0.6 is 11.3 Å². The average Bonchev–Trinajstić information content (AvgIpc) is 3.51. The fraction of sp³-hybridized carbons (Fsp3) is 0.185. The second-order valence-corrected chi connectivity index (χ2v) is 9.53. The molecule has 168 valence electrons. The molecule has 0 bridgehead atoms. The number of aromatic nitrogens is 2. The number of hydrogen-bond acceptors (Lipinski definition) is 5. The van der Waals surface area contributed by atoms with E-state index in [-0.39, 0.29) is 11.8 Å². The van der Waals surface area contributed by atoms with E-state index in [1.54, 1.807) is 12.3 Å². The third kappa shape index (κ3) is 3.08. The zero-order valence-corrected chi connectivity index (χ0v) is 19.5. The molecule has 0 radical (unpaired) electrons. The SMILES string of the molecule is Cc1ccc(C23Cc4ncccc4C(=O)N2CCN3C(=O)c2csc(-c3ccccc3)n2)cc1. The van der Waals surface area contributed by atoms with E-state index in [1.165, 1.54) is 11.3 Å². The molecule has 2 aromatic heterocycles. The van der Waals surface area contributed by atoms with E-state index in [0.717, 1.165) is 21.7 Å². The number of nitrogens with zero attached hydrogens (tertiary/aromatic N) is 4. The van der Waals surface area contributed by atoms with Crippen molar-refractivity contribution in [2.75, 3.05) is 13.1 Å². The Labute approximate surface area is 201 Å². The predicted molar refractivity (Wildman–Crippen MR) is 130 cm³/mol. The van der Waals surface area contributed by atoms with Crippen molar-refractivity contribution in [3.05, 3.63) is 106 Å². The van der Waals surface area contributed by atoms with Gasteiger partial charge in [0.15, 0.2) is 0 Å². The predicted octanol–water partition coefficient (Wildman–Crippen LogP) is 4.52. The number of fused-ring (bicyclic) bond motifs is 2. The van der Waals surface area contributed by atoms with E-state index in [9.17, 15) is 9.59 Å². The first-order chi connectivity index (χ1) is 16.6. The fourth-order valence-corrected chi connectivity index (χ4v) is 5.86. The highest BCUT2D eigenvalue weighted by Crippen LogP contribution is 2.45. The maximum absolute atomic E-state index is 13.9. The normalized spacial score (nSPS) is 19.1. The Bertz CT molecular complexity index is 1400.